The van der Waals surface area contributed by atoms with E-state index >= 15 is 0 Å². The molecule has 0 aliphatic carbocycles. The number of rotatable bonds is 3. The summed E-state index contributed by atoms with van der Waals surface area (Å²) in [7, 11) is 0. The van der Waals surface area contributed by atoms with E-state index in [9.17, 15) is 14.9 Å². The smallest absolute Gasteiger partial charge is 0.269 e. The number of nitriles is 1. The van der Waals surface area contributed by atoms with Gasteiger partial charge in [0.15, 0.2) is 5.78 Å². The highest BCUT2D eigenvalue weighted by Gasteiger charge is 2.10. The minimum Gasteiger partial charge on any atom is -0.289 e. The molecule has 0 saturated carbocycles. The summed E-state index contributed by atoms with van der Waals surface area (Å²) in [5.41, 5.74) is 0.998. The topological polar surface area (TPSA) is 84.0 Å². The first-order valence-corrected chi connectivity index (χ1v) is 5.95. The number of ketones is 1. The van der Waals surface area contributed by atoms with Crippen LogP contribution in [0.2, 0.25) is 0 Å². The van der Waals surface area contributed by atoms with E-state index in [1.54, 1.807) is 30.3 Å². The van der Waals surface area contributed by atoms with E-state index in [1.165, 1.54) is 30.3 Å². The Balaban J connectivity index is 0.000000491. The van der Waals surface area contributed by atoms with Crippen LogP contribution in [-0.2, 0) is 0 Å². The summed E-state index contributed by atoms with van der Waals surface area (Å²) in [6, 6.07) is 16.1. The summed E-state index contributed by atoms with van der Waals surface area (Å²) in [5.74, 6) is -0.138. The highest BCUT2D eigenvalue weighted by molar-refractivity contribution is 6.09. The van der Waals surface area contributed by atoms with Gasteiger partial charge < -0.3 is 0 Å². The molecule has 2 rings (SSSR count). The van der Waals surface area contributed by atoms with Crippen molar-refractivity contribution in [3.05, 3.63) is 88.5 Å². The first kappa shape index (κ1) is 15.8. The molecule has 0 aromatic heterocycles. The molecule has 0 aliphatic rings. The first-order chi connectivity index (χ1) is 10.1. The van der Waals surface area contributed by atoms with Gasteiger partial charge in [-0.3, -0.25) is 14.9 Å². The van der Waals surface area contributed by atoms with Crippen LogP contribution in [0.5, 0.6) is 0 Å². The standard InChI is InChI=1S/C13H9NO3.C3H3N/c15-13(10-4-2-1-3-5-10)11-6-8-12(9-7-11)14(16)17;1-2-3-4/h1-9H;2H,1H2. The third-order valence-corrected chi connectivity index (χ3v) is 2.47. The van der Waals surface area contributed by atoms with Crippen molar-refractivity contribution < 1.29 is 9.72 Å². The van der Waals surface area contributed by atoms with Crippen LogP contribution in [0, 0.1) is 21.4 Å². The number of allylic oxidation sites excluding steroid dienone is 1. The second-order valence-corrected chi connectivity index (χ2v) is 3.83. The molecule has 104 valence electrons. The van der Waals surface area contributed by atoms with Gasteiger partial charge in [0.25, 0.3) is 5.69 Å². The molecular formula is C16H12N2O3. The zero-order valence-electron chi connectivity index (χ0n) is 11.1. The summed E-state index contributed by atoms with van der Waals surface area (Å²) in [6.07, 6.45) is 1.18. The summed E-state index contributed by atoms with van der Waals surface area (Å²) in [6.45, 7) is 3.12. The van der Waals surface area contributed by atoms with Crippen molar-refractivity contribution in [1.29, 1.82) is 5.26 Å². The molecule has 2 aromatic rings. The molecule has 0 atom stereocenters. The lowest BCUT2D eigenvalue weighted by Crippen LogP contribution is -2.00. The Bertz CT molecular complexity index is 671. The molecule has 5 heteroatoms. The summed E-state index contributed by atoms with van der Waals surface area (Å²) >= 11 is 0. The molecule has 0 spiro atoms. The van der Waals surface area contributed by atoms with Crippen LogP contribution >= 0.6 is 0 Å². The minimum absolute atomic E-state index is 0.0189. The van der Waals surface area contributed by atoms with Crippen molar-refractivity contribution in [3.8, 4) is 6.07 Å². The number of carbonyl (C=O) groups excluding carboxylic acids is 1. The van der Waals surface area contributed by atoms with Gasteiger partial charge in [-0.15, -0.1) is 0 Å². The fourth-order valence-electron chi connectivity index (χ4n) is 1.49. The van der Waals surface area contributed by atoms with E-state index in [0.717, 1.165) is 0 Å². The van der Waals surface area contributed by atoms with E-state index in [-0.39, 0.29) is 11.5 Å². The van der Waals surface area contributed by atoms with Gasteiger partial charge in [0.2, 0.25) is 0 Å². The number of nitro benzene ring substituents is 1. The Morgan fingerprint density at radius 2 is 1.57 bits per heavy atom. The monoisotopic (exact) mass is 280 g/mol. The van der Waals surface area contributed by atoms with E-state index < -0.39 is 4.92 Å². The van der Waals surface area contributed by atoms with Gasteiger partial charge in [-0.05, 0) is 12.1 Å². The van der Waals surface area contributed by atoms with E-state index in [4.69, 9.17) is 5.26 Å². The third-order valence-electron chi connectivity index (χ3n) is 2.47. The molecule has 0 unspecified atom stereocenters. The van der Waals surface area contributed by atoms with Crippen LogP contribution in [-0.4, -0.2) is 10.7 Å². The largest absolute Gasteiger partial charge is 0.289 e. The molecule has 0 aliphatic heterocycles. The first-order valence-electron chi connectivity index (χ1n) is 5.95. The Hall–Kier alpha value is -3.26. The normalized spacial score (nSPS) is 8.71. The highest BCUT2D eigenvalue weighted by atomic mass is 16.6. The average molecular weight is 280 g/mol. The van der Waals surface area contributed by atoms with Crippen molar-refractivity contribution in [2.24, 2.45) is 0 Å². The lowest BCUT2D eigenvalue weighted by molar-refractivity contribution is -0.384. The number of nitrogens with zero attached hydrogens (tertiary/aromatic N) is 2. The molecule has 21 heavy (non-hydrogen) atoms. The van der Waals surface area contributed by atoms with Crippen LogP contribution in [0.25, 0.3) is 0 Å². The van der Waals surface area contributed by atoms with Crippen LogP contribution in [0.15, 0.2) is 67.3 Å². The van der Waals surface area contributed by atoms with Crippen LogP contribution < -0.4 is 0 Å². The molecule has 0 fully saturated rings. The van der Waals surface area contributed by atoms with Gasteiger partial charge in [-0.1, -0.05) is 36.9 Å². The summed E-state index contributed by atoms with van der Waals surface area (Å²) in [4.78, 5) is 21.9. The highest BCUT2D eigenvalue weighted by Crippen LogP contribution is 2.15. The molecule has 2 aromatic carbocycles. The van der Waals surface area contributed by atoms with Gasteiger partial charge in [-0.25, -0.2) is 0 Å². The zero-order valence-corrected chi connectivity index (χ0v) is 11.1. The lowest BCUT2D eigenvalue weighted by atomic mass is 10.0. The molecule has 0 radical (unpaired) electrons. The fraction of sp³-hybridized carbons (Fsp3) is 0. The van der Waals surface area contributed by atoms with Gasteiger partial charge in [-0.2, -0.15) is 5.26 Å². The Labute approximate surface area is 121 Å². The lowest BCUT2D eigenvalue weighted by Gasteiger charge is -2.00. The maximum Gasteiger partial charge on any atom is 0.269 e. The number of non-ortho nitro benzene ring substituents is 1. The van der Waals surface area contributed by atoms with Gasteiger partial charge >= 0.3 is 0 Å². The number of carbonyl (C=O) groups is 1. The number of nitro groups is 1. The van der Waals surface area contributed by atoms with Gasteiger partial charge in [0, 0.05) is 29.3 Å². The van der Waals surface area contributed by atoms with Gasteiger partial charge in [0.05, 0.1) is 11.0 Å². The van der Waals surface area contributed by atoms with Crippen LogP contribution in [0.1, 0.15) is 15.9 Å². The van der Waals surface area contributed by atoms with Crippen molar-refractivity contribution in [1.82, 2.24) is 0 Å². The van der Waals surface area contributed by atoms with E-state index in [2.05, 4.69) is 6.58 Å². The van der Waals surface area contributed by atoms with Crippen molar-refractivity contribution in [3.63, 3.8) is 0 Å². The predicted octanol–water partition coefficient (Wildman–Crippen LogP) is 3.52. The second kappa shape index (κ2) is 8.02. The molecule has 0 saturated heterocycles. The third kappa shape index (κ3) is 4.73. The fourth-order valence-corrected chi connectivity index (χ4v) is 1.49. The number of benzene rings is 2. The Kier molecular flexibility index (Phi) is 6.03. The molecule has 0 heterocycles. The summed E-state index contributed by atoms with van der Waals surface area (Å²) < 4.78 is 0. The summed E-state index contributed by atoms with van der Waals surface area (Å²) in [5, 5.41) is 18.0. The van der Waals surface area contributed by atoms with Crippen LogP contribution in [0.3, 0.4) is 0 Å². The van der Waals surface area contributed by atoms with E-state index in [1.807, 2.05) is 6.07 Å². The molecule has 0 N–H and O–H groups in total. The average Bonchev–Trinajstić information content (AvgIpc) is 2.55. The number of hydrogen-bond acceptors (Lipinski definition) is 4. The SMILES string of the molecule is C=CC#N.O=C(c1ccccc1)c1ccc([N+](=O)[O-])cc1. The predicted molar refractivity (Wildman–Crippen MR) is 78.8 cm³/mol. The molecule has 0 bridgehead atoms. The van der Waals surface area contributed by atoms with Gasteiger partial charge in [0.1, 0.15) is 0 Å². The molecular weight excluding hydrogens is 268 g/mol. The maximum absolute atomic E-state index is 12.0. The van der Waals surface area contributed by atoms with Crippen LogP contribution in [0.4, 0.5) is 5.69 Å². The quantitative estimate of drug-likeness (QED) is 0.372. The minimum atomic E-state index is -0.489. The number of hydrogen-bond donors (Lipinski definition) is 0. The zero-order chi connectivity index (χ0) is 15.7. The second-order valence-electron chi connectivity index (χ2n) is 3.83. The van der Waals surface area contributed by atoms with Crippen molar-refractivity contribution >= 4 is 11.5 Å². The Morgan fingerprint density at radius 1 is 1.10 bits per heavy atom. The molecule has 0 amide bonds. The van der Waals surface area contributed by atoms with E-state index in [0.29, 0.717) is 11.1 Å². The van der Waals surface area contributed by atoms with Crippen molar-refractivity contribution in [2.45, 2.75) is 0 Å². The maximum atomic E-state index is 12.0. The van der Waals surface area contributed by atoms with Crippen molar-refractivity contribution in [2.75, 3.05) is 0 Å². The molecule has 5 nitrogen and oxygen atoms in total. The Morgan fingerprint density at radius 3 is 2.00 bits per heavy atom.